The molecule has 1 aliphatic rings. The number of aryl methyl sites for hydroxylation is 1. The van der Waals surface area contributed by atoms with Gasteiger partial charge in [0.05, 0.1) is 36.3 Å². The average Bonchev–Trinajstić information content (AvgIpc) is 2.51. The molecular formula is C17H24ClN2O3+. The van der Waals surface area contributed by atoms with Gasteiger partial charge in [-0.25, -0.2) is 0 Å². The fourth-order valence-corrected chi connectivity index (χ4v) is 3.12. The molecule has 0 saturated carbocycles. The number of halogens is 1. The summed E-state index contributed by atoms with van der Waals surface area (Å²) >= 11 is 6.13. The average molecular weight is 340 g/mol. The SMILES string of the molecule is CCOC(=O)C1CC[NH+](CC(=O)Nc2ccc(C)cc2Cl)CC1. The minimum absolute atomic E-state index is 0.0201. The quantitative estimate of drug-likeness (QED) is 0.798. The van der Waals surface area contributed by atoms with Crippen LogP contribution in [-0.4, -0.2) is 38.1 Å². The Kier molecular flexibility index (Phi) is 6.42. The van der Waals surface area contributed by atoms with Crippen LogP contribution in [0.1, 0.15) is 25.3 Å². The number of benzene rings is 1. The largest absolute Gasteiger partial charge is 0.466 e. The van der Waals surface area contributed by atoms with Crippen LogP contribution in [0.4, 0.5) is 5.69 Å². The van der Waals surface area contributed by atoms with Gasteiger partial charge in [-0.15, -0.1) is 0 Å². The predicted molar refractivity (Wildman–Crippen MR) is 89.7 cm³/mol. The van der Waals surface area contributed by atoms with Gasteiger partial charge in [0, 0.05) is 12.8 Å². The molecule has 126 valence electrons. The molecule has 0 unspecified atom stereocenters. The number of amides is 1. The molecule has 0 aromatic heterocycles. The number of hydrogen-bond donors (Lipinski definition) is 2. The summed E-state index contributed by atoms with van der Waals surface area (Å²) < 4.78 is 5.06. The number of hydrogen-bond acceptors (Lipinski definition) is 3. The standard InChI is InChI=1S/C17H23ClN2O3/c1-3-23-17(22)13-6-8-20(9-7-13)11-16(21)19-15-5-4-12(2)10-14(15)18/h4-5,10,13H,3,6-9,11H2,1-2H3,(H,19,21)/p+1. The molecule has 2 rings (SSSR count). The highest BCUT2D eigenvalue weighted by atomic mass is 35.5. The molecule has 1 saturated heterocycles. The zero-order chi connectivity index (χ0) is 16.8. The molecule has 0 radical (unpaired) electrons. The number of ether oxygens (including phenoxy) is 1. The predicted octanol–water partition coefficient (Wildman–Crippen LogP) is 1.44. The highest BCUT2D eigenvalue weighted by molar-refractivity contribution is 6.33. The first kappa shape index (κ1) is 17.8. The Morgan fingerprint density at radius 3 is 2.65 bits per heavy atom. The molecule has 5 nitrogen and oxygen atoms in total. The van der Waals surface area contributed by atoms with Crippen molar-refractivity contribution in [2.75, 3.05) is 31.6 Å². The van der Waals surface area contributed by atoms with Crippen LogP contribution >= 0.6 is 11.6 Å². The monoisotopic (exact) mass is 339 g/mol. The van der Waals surface area contributed by atoms with E-state index in [1.165, 1.54) is 4.90 Å². The van der Waals surface area contributed by atoms with Crippen molar-refractivity contribution in [2.24, 2.45) is 5.92 Å². The maximum absolute atomic E-state index is 12.2. The summed E-state index contributed by atoms with van der Waals surface area (Å²) in [5.41, 5.74) is 1.70. The van der Waals surface area contributed by atoms with E-state index in [0.29, 0.717) is 23.9 Å². The van der Waals surface area contributed by atoms with E-state index in [9.17, 15) is 9.59 Å². The van der Waals surface area contributed by atoms with E-state index < -0.39 is 0 Å². The van der Waals surface area contributed by atoms with Crippen LogP contribution in [0, 0.1) is 12.8 Å². The minimum atomic E-state index is -0.109. The number of anilines is 1. The lowest BCUT2D eigenvalue weighted by Crippen LogP contribution is -3.14. The van der Waals surface area contributed by atoms with Gasteiger partial charge >= 0.3 is 5.97 Å². The molecule has 23 heavy (non-hydrogen) atoms. The van der Waals surface area contributed by atoms with Crippen LogP contribution in [0.15, 0.2) is 18.2 Å². The van der Waals surface area contributed by atoms with E-state index in [1.54, 1.807) is 0 Å². The van der Waals surface area contributed by atoms with Crippen LogP contribution in [0.5, 0.6) is 0 Å². The number of carbonyl (C=O) groups is 2. The number of esters is 1. The summed E-state index contributed by atoms with van der Waals surface area (Å²) in [5.74, 6) is -0.184. The van der Waals surface area contributed by atoms with E-state index in [-0.39, 0.29) is 17.8 Å². The van der Waals surface area contributed by atoms with Crippen molar-refractivity contribution in [3.05, 3.63) is 28.8 Å². The second-order valence-electron chi connectivity index (χ2n) is 5.98. The van der Waals surface area contributed by atoms with E-state index in [2.05, 4.69) is 5.32 Å². The van der Waals surface area contributed by atoms with E-state index in [0.717, 1.165) is 31.5 Å². The van der Waals surface area contributed by atoms with E-state index >= 15 is 0 Å². The zero-order valence-corrected chi connectivity index (χ0v) is 14.4. The highest BCUT2D eigenvalue weighted by Gasteiger charge is 2.29. The van der Waals surface area contributed by atoms with Crippen LogP contribution < -0.4 is 10.2 Å². The topological polar surface area (TPSA) is 59.8 Å². The lowest BCUT2D eigenvalue weighted by molar-refractivity contribution is -0.897. The maximum Gasteiger partial charge on any atom is 0.309 e. The summed E-state index contributed by atoms with van der Waals surface area (Å²) in [5, 5.41) is 3.41. The highest BCUT2D eigenvalue weighted by Crippen LogP contribution is 2.22. The molecule has 0 atom stereocenters. The van der Waals surface area contributed by atoms with Crippen LogP contribution in [0.3, 0.4) is 0 Å². The van der Waals surface area contributed by atoms with Crippen molar-refractivity contribution in [2.45, 2.75) is 26.7 Å². The van der Waals surface area contributed by atoms with Crippen molar-refractivity contribution in [3.63, 3.8) is 0 Å². The van der Waals surface area contributed by atoms with Gasteiger partial charge < -0.3 is 15.0 Å². The molecule has 2 N–H and O–H groups in total. The van der Waals surface area contributed by atoms with Crippen molar-refractivity contribution < 1.29 is 19.2 Å². The van der Waals surface area contributed by atoms with Gasteiger partial charge in [-0.05, 0) is 31.5 Å². The molecule has 0 aliphatic carbocycles. The number of carbonyl (C=O) groups excluding carboxylic acids is 2. The van der Waals surface area contributed by atoms with Gasteiger partial charge in [-0.3, -0.25) is 9.59 Å². The van der Waals surface area contributed by atoms with Crippen molar-refractivity contribution >= 4 is 29.2 Å². The van der Waals surface area contributed by atoms with Crippen LogP contribution in [0.25, 0.3) is 0 Å². The third kappa shape index (κ3) is 5.22. The molecular weight excluding hydrogens is 316 g/mol. The van der Waals surface area contributed by atoms with Crippen LogP contribution in [0.2, 0.25) is 5.02 Å². The molecule has 1 aromatic rings. The second-order valence-corrected chi connectivity index (χ2v) is 6.39. The van der Waals surface area contributed by atoms with Gasteiger partial charge in [-0.1, -0.05) is 17.7 Å². The normalized spacial score (nSPS) is 20.8. The molecule has 1 aliphatic heterocycles. The summed E-state index contributed by atoms with van der Waals surface area (Å²) in [6, 6.07) is 5.56. The first-order chi connectivity index (χ1) is 11.0. The van der Waals surface area contributed by atoms with Gasteiger partial charge in [-0.2, -0.15) is 0 Å². The van der Waals surface area contributed by atoms with Gasteiger partial charge in [0.25, 0.3) is 5.91 Å². The fraction of sp³-hybridized carbons (Fsp3) is 0.529. The summed E-state index contributed by atoms with van der Waals surface area (Å²) in [7, 11) is 0. The van der Waals surface area contributed by atoms with Gasteiger partial charge in [0.15, 0.2) is 6.54 Å². The molecule has 1 fully saturated rings. The number of rotatable bonds is 5. The third-order valence-corrected chi connectivity index (χ3v) is 4.43. The van der Waals surface area contributed by atoms with Crippen molar-refractivity contribution in [1.82, 2.24) is 0 Å². The molecule has 1 amide bonds. The third-order valence-electron chi connectivity index (χ3n) is 4.12. The smallest absolute Gasteiger partial charge is 0.309 e. The Hall–Kier alpha value is -1.59. The number of quaternary nitrogens is 1. The van der Waals surface area contributed by atoms with Crippen molar-refractivity contribution in [1.29, 1.82) is 0 Å². The Morgan fingerprint density at radius 2 is 2.04 bits per heavy atom. The maximum atomic E-state index is 12.2. The van der Waals surface area contributed by atoms with Crippen molar-refractivity contribution in [3.8, 4) is 0 Å². The molecule has 6 heteroatoms. The number of nitrogens with one attached hydrogen (secondary N) is 2. The second kappa shape index (κ2) is 8.31. The van der Waals surface area contributed by atoms with Gasteiger partial charge in [0.2, 0.25) is 0 Å². The Morgan fingerprint density at radius 1 is 1.35 bits per heavy atom. The lowest BCUT2D eigenvalue weighted by atomic mass is 9.97. The van der Waals surface area contributed by atoms with Crippen LogP contribution in [-0.2, 0) is 14.3 Å². The molecule has 0 spiro atoms. The molecule has 0 bridgehead atoms. The number of piperidine rings is 1. The molecule has 1 aromatic carbocycles. The Bertz CT molecular complexity index is 569. The lowest BCUT2D eigenvalue weighted by Gasteiger charge is -2.27. The molecule has 1 heterocycles. The van der Waals surface area contributed by atoms with E-state index in [1.807, 2.05) is 32.0 Å². The first-order valence-corrected chi connectivity index (χ1v) is 8.43. The minimum Gasteiger partial charge on any atom is -0.466 e. The summed E-state index contributed by atoms with van der Waals surface area (Å²) in [6.07, 6.45) is 1.54. The Balaban J connectivity index is 1.79. The first-order valence-electron chi connectivity index (χ1n) is 8.05. The summed E-state index contributed by atoms with van der Waals surface area (Å²) in [4.78, 5) is 25.0. The Labute approximate surface area is 141 Å². The fourth-order valence-electron chi connectivity index (χ4n) is 2.84. The van der Waals surface area contributed by atoms with Gasteiger partial charge in [0.1, 0.15) is 0 Å². The number of likely N-dealkylation sites (tertiary alicyclic amines) is 1. The zero-order valence-electron chi connectivity index (χ0n) is 13.7. The summed E-state index contributed by atoms with van der Waals surface area (Å²) in [6.45, 7) is 6.19. The van der Waals surface area contributed by atoms with E-state index in [4.69, 9.17) is 16.3 Å².